The molecule has 0 radical (unpaired) electrons. The first kappa shape index (κ1) is 49.1. The van der Waals surface area contributed by atoms with E-state index in [1.165, 1.54) is 0 Å². The van der Waals surface area contributed by atoms with Gasteiger partial charge in [-0.25, -0.2) is 9.48 Å². The van der Waals surface area contributed by atoms with Crippen LogP contribution in [0.25, 0.3) is 16.9 Å². The van der Waals surface area contributed by atoms with Crippen molar-refractivity contribution in [3.63, 3.8) is 0 Å². The highest BCUT2D eigenvalue weighted by molar-refractivity contribution is 5.98. The number of rotatable bonds is 23. The Morgan fingerprint density at radius 1 is 0.967 bits per heavy atom. The average Bonchev–Trinajstić information content (AvgIpc) is 3.69. The topological polar surface area (TPSA) is 206 Å². The Morgan fingerprint density at radius 3 is 2.31 bits per heavy atom. The van der Waals surface area contributed by atoms with Gasteiger partial charge in [0.2, 0.25) is 0 Å². The number of hydrogen-bond acceptors (Lipinski definition) is 12. The molecule has 15 heteroatoms. The van der Waals surface area contributed by atoms with E-state index in [1.807, 2.05) is 37.3 Å². The second kappa shape index (κ2) is 24.2. The Bertz CT molecular complexity index is 1830. The van der Waals surface area contributed by atoms with Gasteiger partial charge in [0, 0.05) is 18.8 Å². The van der Waals surface area contributed by atoms with Gasteiger partial charge >= 0.3 is 5.97 Å². The molecule has 2 aliphatic rings. The Hall–Kier alpha value is -4.54. The number of carbonyl (C=O) groups excluding carboxylic acids is 2. The fourth-order valence-electron chi connectivity index (χ4n) is 9.08. The highest BCUT2D eigenvalue weighted by atomic mass is 16.5. The van der Waals surface area contributed by atoms with Gasteiger partial charge in [-0.3, -0.25) is 4.79 Å². The lowest BCUT2D eigenvalue weighted by molar-refractivity contribution is -0.155. The van der Waals surface area contributed by atoms with E-state index in [4.69, 9.17) is 35.5 Å². The van der Waals surface area contributed by atoms with Crippen LogP contribution < -0.4 is 31.6 Å². The van der Waals surface area contributed by atoms with Gasteiger partial charge in [0.1, 0.15) is 29.9 Å². The second-order valence-electron chi connectivity index (χ2n) is 16.8. The number of nitrogens with one attached hydrogen (secondary N) is 2. The van der Waals surface area contributed by atoms with Crippen LogP contribution in [0.2, 0.25) is 0 Å². The number of aromatic nitrogens is 2. The third kappa shape index (κ3) is 12.8. The number of amides is 1. The maximum atomic E-state index is 14.3. The SMILES string of the molecule is COc1cccc(OC)c1-c1cc(C(=O)NC2(C(=O)O)C(C)CC3CC(C)CC2C3)nn1-c1ccc(NCCCN(C)CCCN)cc1C(C)C.NCCOCCOCC=O. The van der Waals surface area contributed by atoms with E-state index >= 15 is 0 Å². The van der Waals surface area contributed by atoms with Crippen molar-refractivity contribution in [3.8, 4) is 28.4 Å². The molecule has 3 aromatic rings. The molecule has 2 fully saturated rings. The lowest BCUT2D eigenvalue weighted by Gasteiger charge is -2.52. The zero-order valence-corrected chi connectivity index (χ0v) is 37.4. The number of benzene rings is 2. The predicted octanol–water partition coefficient (Wildman–Crippen LogP) is 5.59. The smallest absolute Gasteiger partial charge is 0.329 e. The minimum absolute atomic E-state index is 0.123. The first-order chi connectivity index (χ1) is 29.3. The molecule has 0 spiro atoms. The van der Waals surface area contributed by atoms with Crippen molar-refractivity contribution in [2.24, 2.45) is 35.1 Å². The lowest BCUT2D eigenvalue weighted by Crippen LogP contribution is -2.66. The van der Waals surface area contributed by atoms with Crippen molar-refractivity contribution in [1.82, 2.24) is 20.0 Å². The summed E-state index contributed by atoms with van der Waals surface area (Å²) in [7, 11) is 5.32. The molecule has 5 atom stereocenters. The van der Waals surface area contributed by atoms with Crippen molar-refractivity contribution in [3.05, 3.63) is 53.7 Å². The number of carboxylic acid groups (broad SMARTS) is 1. The van der Waals surface area contributed by atoms with E-state index in [1.54, 1.807) is 25.0 Å². The summed E-state index contributed by atoms with van der Waals surface area (Å²) in [5.74, 6) is 0.303. The van der Waals surface area contributed by atoms with Crippen molar-refractivity contribution in [2.45, 2.75) is 77.7 Å². The molecule has 1 heterocycles. The number of aliphatic carboxylic acids is 1. The number of aldehydes is 1. The highest BCUT2D eigenvalue weighted by Crippen LogP contribution is 2.50. The van der Waals surface area contributed by atoms with E-state index in [9.17, 15) is 19.5 Å². The van der Waals surface area contributed by atoms with Crippen LogP contribution in [0.15, 0.2) is 42.5 Å². The van der Waals surface area contributed by atoms with Gasteiger partial charge in [-0.2, -0.15) is 5.10 Å². The quantitative estimate of drug-likeness (QED) is 0.0584. The largest absolute Gasteiger partial charge is 0.496 e. The van der Waals surface area contributed by atoms with E-state index in [2.05, 4.69) is 49.4 Å². The van der Waals surface area contributed by atoms with Crippen LogP contribution in [0.4, 0.5) is 5.69 Å². The summed E-state index contributed by atoms with van der Waals surface area (Å²) < 4.78 is 23.2. The maximum absolute atomic E-state index is 14.3. The lowest BCUT2D eigenvalue weighted by atomic mass is 9.56. The van der Waals surface area contributed by atoms with E-state index < -0.39 is 17.4 Å². The maximum Gasteiger partial charge on any atom is 0.329 e. The molecule has 5 rings (SSSR count). The Kier molecular flexibility index (Phi) is 19.5. The predicted molar refractivity (Wildman–Crippen MR) is 239 cm³/mol. The third-order valence-corrected chi connectivity index (χ3v) is 11.9. The number of carboxylic acids is 1. The van der Waals surface area contributed by atoms with Crippen molar-refractivity contribution in [2.75, 3.05) is 85.7 Å². The molecule has 61 heavy (non-hydrogen) atoms. The van der Waals surface area contributed by atoms with Crippen LogP contribution >= 0.6 is 0 Å². The van der Waals surface area contributed by atoms with Gasteiger partial charge in [-0.15, -0.1) is 0 Å². The van der Waals surface area contributed by atoms with Gasteiger partial charge in [0.15, 0.2) is 5.69 Å². The number of anilines is 1. The van der Waals surface area contributed by atoms with Crippen molar-refractivity contribution < 1.29 is 38.4 Å². The molecule has 2 saturated carbocycles. The normalized spacial score (nSPS) is 20.8. The molecular weight excluding hydrogens is 779 g/mol. The number of nitrogens with zero attached hydrogens (tertiary/aromatic N) is 3. The number of nitrogens with two attached hydrogens (primary N) is 2. The summed E-state index contributed by atoms with van der Waals surface area (Å²) in [5.41, 5.74) is 13.7. The van der Waals surface area contributed by atoms with Gasteiger partial charge < -0.3 is 55.8 Å². The second-order valence-corrected chi connectivity index (χ2v) is 16.8. The van der Waals surface area contributed by atoms with Gasteiger partial charge in [-0.1, -0.05) is 33.8 Å². The van der Waals surface area contributed by atoms with Crippen LogP contribution in [0.3, 0.4) is 0 Å². The summed E-state index contributed by atoms with van der Waals surface area (Å²) in [5, 5.41) is 22.4. The standard InChI is InChI=1S/C40H58N6O5.C6H13NO3/c1-25(2)31-23-30(42-16-10-18-45(5)17-9-15-41)13-14-33(31)46-34(37-35(50-6)11-8-12-36(37)51-7)24-32(44-46)38(47)43-40(39(48)49)27(4)21-28-19-26(3)20-29(40)22-28;7-1-3-9-5-6-10-4-2-8/h8,11-14,23-29,42H,9-10,15-22,41H2,1-7H3,(H,43,47)(H,48,49);2H,1,3-7H2. The molecule has 2 aromatic carbocycles. The van der Waals surface area contributed by atoms with Crippen LogP contribution in [0.1, 0.15) is 88.2 Å². The average molecular weight is 850 g/mol. The molecular formula is C46H71N7O8. The Labute approximate surface area is 362 Å². The number of hydrogen-bond donors (Lipinski definition) is 5. The zero-order chi connectivity index (χ0) is 44.5. The zero-order valence-electron chi connectivity index (χ0n) is 37.4. The molecule has 338 valence electrons. The number of methoxy groups -OCH3 is 2. The molecule has 2 aliphatic carbocycles. The summed E-state index contributed by atoms with van der Waals surface area (Å²) in [6.07, 6.45) is 6.15. The first-order valence-corrected chi connectivity index (χ1v) is 21.8. The molecule has 7 N–H and O–H groups in total. The molecule has 5 unspecified atom stereocenters. The van der Waals surface area contributed by atoms with Gasteiger partial charge in [0.05, 0.1) is 51.0 Å². The van der Waals surface area contributed by atoms with Crippen LogP contribution in [-0.2, 0) is 19.1 Å². The molecule has 15 nitrogen and oxygen atoms in total. The number of fused-ring (bicyclic) bond motifs is 2. The van der Waals surface area contributed by atoms with Gasteiger partial charge in [-0.05, 0) is 137 Å². The van der Waals surface area contributed by atoms with E-state index in [0.29, 0.717) is 73.8 Å². The van der Waals surface area contributed by atoms with Gasteiger partial charge in [0.25, 0.3) is 5.91 Å². The van der Waals surface area contributed by atoms with Crippen LogP contribution in [-0.4, -0.2) is 124 Å². The minimum atomic E-state index is -1.37. The monoisotopic (exact) mass is 850 g/mol. The minimum Gasteiger partial charge on any atom is -0.496 e. The number of ether oxygens (including phenoxy) is 4. The summed E-state index contributed by atoms with van der Waals surface area (Å²) in [6.45, 7) is 14.1. The Morgan fingerprint density at radius 2 is 1.67 bits per heavy atom. The van der Waals surface area contributed by atoms with Crippen molar-refractivity contribution in [1.29, 1.82) is 0 Å². The molecule has 1 aromatic heterocycles. The molecule has 0 aliphatic heterocycles. The van der Waals surface area contributed by atoms with E-state index in [0.717, 1.165) is 75.1 Å². The molecule has 0 saturated heterocycles. The highest BCUT2D eigenvalue weighted by Gasteiger charge is 2.56. The Balaban J connectivity index is 0.000000727. The fourth-order valence-corrected chi connectivity index (χ4v) is 9.08. The summed E-state index contributed by atoms with van der Waals surface area (Å²) >= 11 is 0. The third-order valence-electron chi connectivity index (χ3n) is 11.9. The summed E-state index contributed by atoms with van der Waals surface area (Å²) in [4.78, 5) is 39.5. The molecule has 1 amide bonds. The van der Waals surface area contributed by atoms with E-state index in [-0.39, 0.29) is 30.1 Å². The number of carbonyl (C=O) groups is 3. The summed E-state index contributed by atoms with van der Waals surface area (Å²) in [6, 6.07) is 13.5. The van der Waals surface area contributed by atoms with Crippen LogP contribution in [0, 0.1) is 23.7 Å². The first-order valence-electron chi connectivity index (χ1n) is 21.8. The fraction of sp³-hybridized carbons (Fsp3) is 0.609. The van der Waals surface area contributed by atoms with Crippen LogP contribution in [0.5, 0.6) is 11.5 Å². The molecule has 2 bridgehead atoms. The van der Waals surface area contributed by atoms with Crippen molar-refractivity contribution >= 4 is 23.9 Å².